The molecule has 5 nitrogen and oxygen atoms in total. The van der Waals surface area contributed by atoms with E-state index in [0.717, 1.165) is 5.56 Å². The van der Waals surface area contributed by atoms with E-state index in [0.29, 0.717) is 30.4 Å². The Morgan fingerprint density at radius 2 is 2.16 bits per heavy atom. The molecule has 0 unspecified atom stereocenters. The number of hydrogen-bond donors (Lipinski definition) is 1. The lowest BCUT2D eigenvalue weighted by Crippen LogP contribution is -2.10. The lowest BCUT2D eigenvalue weighted by Gasteiger charge is -2.09. The van der Waals surface area contributed by atoms with E-state index in [2.05, 4.69) is 10.2 Å². The van der Waals surface area contributed by atoms with Crippen molar-refractivity contribution in [1.82, 2.24) is 14.8 Å². The maximum absolute atomic E-state index is 13.9. The van der Waals surface area contributed by atoms with Crippen LogP contribution in [0.15, 0.2) is 18.2 Å². The van der Waals surface area contributed by atoms with Gasteiger partial charge in [0.25, 0.3) is 0 Å². The quantitative estimate of drug-likeness (QED) is 0.890. The average molecular weight is 265 g/mol. The predicted molar refractivity (Wildman–Crippen MR) is 68.0 cm³/mol. The zero-order chi connectivity index (χ0) is 13.8. The molecule has 0 aliphatic heterocycles. The summed E-state index contributed by atoms with van der Waals surface area (Å²) < 4.78 is 20.6. The zero-order valence-corrected chi connectivity index (χ0v) is 10.9. The van der Waals surface area contributed by atoms with Crippen molar-refractivity contribution in [3.8, 4) is 11.4 Å². The zero-order valence-electron chi connectivity index (χ0n) is 10.9. The number of halogens is 1. The largest absolute Gasteiger partial charge is 0.388 e. The van der Waals surface area contributed by atoms with Crippen molar-refractivity contribution in [3.05, 3.63) is 35.4 Å². The smallest absolute Gasteiger partial charge is 0.167 e. The van der Waals surface area contributed by atoms with Gasteiger partial charge < -0.3 is 14.4 Å². The standard InChI is InChI=1S/C13H16FN3O2/c1-9-3-4-11(14)10(7-9)13-16-15-12(8-18)17(13)5-6-19-2/h3-4,7,18H,5-6,8H2,1-2H3. The maximum Gasteiger partial charge on any atom is 0.167 e. The number of rotatable bonds is 5. The van der Waals surface area contributed by atoms with E-state index in [1.165, 1.54) is 6.07 Å². The molecule has 1 aromatic heterocycles. The van der Waals surface area contributed by atoms with Gasteiger partial charge in [0, 0.05) is 13.7 Å². The summed E-state index contributed by atoms with van der Waals surface area (Å²) in [4.78, 5) is 0. The number of hydrogen-bond acceptors (Lipinski definition) is 4. The summed E-state index contributed by atoms with van der Waals surface area (Å²) >= 11 is 0. The average Bonchev–Trinajstić information content (AvgIpc) is 2.81. The first-order valence-corrected chi connectivity index (χ1v) is 5.95. The number of benzene rings is 1. The van der Waals surface area contributed by atoms with Crippen LogP contribution in [0, 0.1) is 12.7 Å². The van der Waals surface area contributed by atoms with Crippen molar-refractivity contribution < 1.29 is 14.2 Å². The molecule has 0 radical (unpaired) electrons. The van der Waals surface area contributed by atoms with Crippen LogP contribution in [0.1, 0.15) is 11.4 Å². The van der Waals surface area contributed by atoms with Crippen molar-refractivity contribution in [2.24, 2.45) is 0 Å². The minimum Gasteiger partial charge on any atom is -0.388 e. The van der Waals surface area contributed by atoms with Crippen LogP contribution in [-0.2, 0) is 17.9 Å². The highest BCUT2D eigenvalue weighted by Gasteiger charge is 2.16. The van der Waals surface area contributed by atoms with Crippen LogP contribution in [0.25, 0.3) is 11.4 Å². The maximum atomic E-state index is 13.9. The van der Waals surface area contributed by atoms with E-state index in [1.807, 2.05) is 6.92 Å². The predicted octanol–water partition coefficient (Wildman–Crippen LogP) is 1.53. The van der Waals surface area contributed by atoms with Gasteiger partial charge >= 0.3 is 0 Å². The molecule has 1 N–H and O–H groups in total. The van der Waals surface area contributed by atoms with Crippen molar-refractivity contribution in [2.45, 2.75) is 20.1 Å². The van der Waals surface area contributed by atoms with Gasteiger partial charge in [-0.1, -0.05) is 11.6 Å². The summed E-state index contributed by atoms with van der Waals surface area (Å²) in [5, 5.41) is 17.1. The molecule has 102 valence electrons. The first-order chi connectivity index (χ1) is 9.17. The molecule has 0 aliphatic rings. The molecule has 1 heterocycles. The van der Waals surface area contributed by atoms with E-state index in [4.69, 9.17) is 4.74 Å². The van der Waals surface area contributed by atoms with Gasteiger partial charge in [-0.25, -0.2) is 4.39 Å². The molecule has 0 bridgehead atoms. The highest BCUT2D eigenvalue weighted by Crippen LogP contribution is 2.23. The highest BCUT2D eigenvalue weighted by atomic mass is 19.1. The summed E-state index contributed by atoms with van der Waals surface area (Å²) in [6.07, 6.45) is 0. The van der Waals surface area contributed by atoms with Crippen LogP contribution in [0.2, 0.25) is 0 Å². The Labute approximate surface area is 110 Å². The molecule has 0 saturated heterocycles. The van der Waals surface area contributed by atoms with Crippen LogP contribution in [0.3, 0.4) is 0 Å². The van der Waals surface area contributed by atoms with Crippen LogP contribution < -0.4 is 0 Å². The number of aryl methyl sites for hydroxylation is 1. The van der Waals surface area contributed by atoms with Gasteiger partial charge in [-0.3, -0.25) is 0 Å². The van der Waals surface area contributed by atoms with Crippen molar-refractivity contribution >= 4 is 0 Å². The van der Waals surface area contributed by atoms with Gasteiger partial charge in [0.2, 0.25) is 0 Å². The number of nitrogens with zero attached hydrogens (tertiary/aromatic N) is 3. The van der Waals surface area contributed by atoms with Crippen LogP contribution in [-0.4, -0.2) is 33.6 Å². The molecule has 0 spiro atoms. The Morgan fingerprint density at radius 1 is 1.37 bits per heavy atom. The lowest BCUT2D eigenvalue weighted by molar-refractivity contribution is 0.183. The number of methoxy groups -OCH3 is 1. The first-order valence-electron chi connectivity index (χ1n) is 5.95. The van der Waals surface area contributed by atoms with Crippen molar-refractivity contribution in [3.63, 3.8) is 0 Å². The molecule has 1 aromatic carbocycles. The van der Waals surface area contributed by atoms with Gasteiger partial charge in [-0.2, -0.15) is 0 Å². The first kappa shape index (κ1) is 13.6. The molecule has 0 saturated carbocycles. The van der Waals surface area contributed by atoms with Crippen LogP contribution in [0.4, 0.5) is 4.39 Å². The summed E-state index contributed by atoms with van der Waals surface area (Å²) in [5.41, 5.74) is 1.31. The molecular formula is C13H16FN3O2. The molecule has 2 aromatic rings. The second-order valence-corrected chi connectivity index (χ2v) is 4.23. The molecule has 6 heteroatoms. The summed E-state index contributed by atoms with van der Waals surface area (Å²) in [6.45, 7) is 2.53. The SMILES string of the molecule is COCCn1c(CO)nnc1-c1cc(C)ccc1F. The van der Waals surface area contributed by atoms with Gasteiger partial charge in [0.15, 0.2) is 11.6 Å². The Kier molecular flexibility index (Phi) is 4.24. The topological polar surface area (TPSA) is 60.2 Å². The summed E-state index contributed by atoms with van der Waals surface area (Å²) in [6, 6.07) is 4.81. The van der Waals surface area contributed by atoms with E-state index >= 15 is 0 Å². The van der Waals surface area contributed by atoms with Crippen molar-refractivity contribution in [2.75, 3.05) is 13.7 Å². The second kappa shape index (κ2) is 5.90. The van der Waals surface area contributed by atoms with E-state index in [-0.39, 0.29) is 12.4 Å². The lowest BCUT2D eigenvalue weighted by atomic mass is 10.1. The Hall–Kier alpha value is -1.79. The van der Waals surface area contributed by atoms with Gasteiger partial charge in [0.1, 0.15) is 12.4 Å². The van der Waals surface area contributed by atoms with E-state index in [9.17, 15) is 9.50 Å². The fourth-order valence-electron chi connectivity index (χ4n) is 1.88. The van der Waals surface area contributed by atoms with Gasteiger partial charge in [0.05, 0.1) is 12.2 Å². The van der Waals surface area contributed by atoms with Gasteiger partial charge in [-0.05, 0) is 19.1 Å². The number of ether oxygens (including phenoxy) is 1. The molecule has 0 amide bonds. The fourth-order valence-corrected chi connectivity index (χ4v) is 1.88. The molecule has 19 heavy (non-hydrogen) atoms. The van der Waals surface area contributed by atoms with Crippen LogP contribution >= 0.6 is 0 Å². The summed E-state index contributed by atoms with van der Waals surface area (Å²) in [7, 11) is 1.58. The third-order valence-corrected chi connectivity index (χ3v) is 2.85. The monoisotopic (exact) mass is 265 g/mol. The highest BCUT2D eigenvalue weighted by molar-refractivity contribution is 5.57. The Balaban J connectivity index is 2.49. The second-order valence-electron chi connectivity index (χ2n) is 4.23. The number of aliphatic hydroxyl groups is 1. The number of aliphatic hydroxyl groups excluding tert-OH is 1. The molecule has 0 fully saturated rings. The minimum absolute atomic E-state index is 0.246. The van der Waals surface area contributed by atoms with E-state index < -0.39 is 0 Å². The number of aromatic nitrogens is 3. The molecule has 0 atom stereocenters. The third-order valence-electron chi connectivity index (χ3n) is 2.85. The molecule has 0 aliphatic carbocycles. The van der Waals surface area contributed by atoms with E-state index in [1.54, 1.807) is 23.8 Å². The van der Waals surface area contributed by atoms with Gasteiger partial charge in [-0.15, -0.1) is 10.2 Å². The van der Waals surface area contributed by atoms with Crippen molar-refractivity contribution in [1.29, 1.82) is 0 Å². The third kappa shape index (κ3) is 2.80. The summed E-state index contributed by atoms with van der Waals surface area (Å²) in [5.74, 6) is 0.441. The Bertz CT molecular complexity index is 569. The minimum atomic E-state index is -0.360. The normalized spacial score (nSPS) is 10.9. The van der Waals surface area contributed by atoms with Crippen LogP contribution in [0.5, 0.6) is 0 Å². The Morgan fingerprint density at radius 3 is 2.84 bits per heavy atom. The molecular weight excluding hydrogens is 249 g/mol. The molecule has 2 rings (SSSR count). The fraction of sp³-hybridized carbons (Fsp3) is 0.385.